The van der Waals surface area contributed by atoms with Crippen molar-refractivity contribution in [2.75, 3.05) is 13.1 Å². The minimum absolute atomic E-state index is 0.125. The molecule has 0 bridgehead atoms. The predicted molar refractivity (Wildman–Crippen MR) is 93.6 cm³/mol. The van der Waals surface area contributed by atoms with Gasteiger partial charge in [0.25, 0.3) is 0 Å². The minimum Gasteiger partial charge on any atom is -0.468 e. The molecule has 0 aromatic carbocycles. The maximum absolute atomic E-state index is 12.1. The van der Waals surface area contributed by atoms with E-state index in [1.54, 1.807) is 17.6 Å². The van der Waals surface area contributed by atoms with E-state index in [2.05, 4.69) is 10.6 Å². The van der Waals surface area contributed by atoms with Crippen molar-refractivity contribution < 1.29 is 14.0 Å². The number of nitrogens with zero attached hydrogens (tertiary/aromatic N) is 1. The van der Waals surface area contributed by atoms with Gasteiger partial charge in [0.05, 0.1) is 19.4 Å². The molecule has 3 amide bonds. The molecular weight excluding hydrogens is 326 g/mol. The average Bonchev–Trinajstić information content (AvgIpc) is 3.21. The van der Waals surface area contributed by atoms with Crippen molar-refractivity contribution in [3.63, 3.8) is 0 Å². The van der Waals surface area contributed by atoms with Crippen molar-refractivity contribution in [1.29, 1.82) is 0 Å². The molecule has 0 aliphatic rings. The summed E-state index contributed by atoms with van der Waals surface area (Å²) in [7, 11) is 0. The highest BCUT2D eigenvalue weighted by Crippen LogP contribution is 2.14. The highest BCUT2D eigenvalue weighted by Gasteiger charge is 2.15. The summed E-state index contributed by atoms with van der Waals surface area (Å²) in [5, 5.41) is 7.05. The molecule has 0 saturated carbocycles. The molecule has 2 N–H and O–H groups in total. The maximum Gasteiger partial charge on any atom is 0.321 e. The van der Waals surface area contributed by atoms with Crippen LogP contribution in [0.2, 0.25) is 0 Å². The number of rotatable bonds is 9. The van der Waals surface area contributed by atoms with Gasteiger partial charge >= 0.3 is 6.03 Å². The normalized spacial score (nSPS) is 10.8. The molecule has 0 saturated heterocycles. The summed E-state index contributed by atoms with van der Waals surface area (Å²) in [6, 6.07) is 7.25. The second-order valence-corrected chi connectivity index (χ2v) is 6.49. The van der Waals surface area contributed by atoms with Crippen LogP contribution >= 0.6 is 11.3 Å². The summed E-state index contributed by atoms with van der Waals surface area (Å²) < 4.78 is 5.36. The Labute approximate surface area is 145 Å². The number of furan rings is 1. The fourth-order valence-electron chi connectivity index (χ4n) is 2.21. The molecule has 24 heavy (non-hydrogen) atoms. The van der Waals surface area contributed by atoms with Crippen LogP contribution in [0.25, 0.3) is 0 Å². The first kappa shape index (κ1) is 18.2. The first-order chi connectivity index (χ1) is 11.7. The number of hydrogen-bond acceptors (Lipinski definition) is 5. The number of unbranched alkanes of at least 4 members (excludes halogenated alkanes) is 1. The van der Waals surface area contributed by atoms with Crippen molar-refractivity contribution in [1.82, 2.24) is 15.5 Å². The zero-order valence-electron chi connectivity index (χ0n) is 13.8. The van der Waals surface area contributed by atoms with Crippen LogP contribution in [0.4, 0.5) is 4.79 Å². The Morgan fingerprint density at radius 3 is 2.79 bits per heavy atom. The molecule has 0 aliphatic heterocycles. The lowest BCUT2D eigenvalue weighted by Gasteiger charge is -2.19. The van der Waals surface area contributed by atoms with E-state index in [0.717, 1.165) is 23.5 Å². The summed E-state index contributed by atoms with van der Waals surface area (Å²) >= 11 is 1.64. The van der Waals surface area contributed by atoms with Gasteiger partial charge < -0.3 is 9.73 Å². The number of amides is 3. The third kappa shape index (κ3) is 6.55. The second-order valence-electron chi connectivity index (χ2n) is 5.46. The minimum atomic E-state index is -0.442. The van der Waals surface area contributed by atoms with Crippen LogP contribution in [0.3, 0.4) is 0 Å². The standard InChI is InChI=1S/C17H23N3O3S/c1-2-3-8-18-17(22)19-16(21)13-20(11-14-6-4-9-23-14)12-15-7-5-10-24-15/h4-7,9-10H,2-3,8,11-13H2,1H3,(H2,18,19,21,22). The van der Waals surface area contributed by atoms with Gasteiger partial charge in [-0.25, -0.2) is 4.79 Å². The first-order valence-corrected chi connectivity index (χ1v) is 8.90. The average molecular weight is 349 g/mol. The van der Waals surface area contributed by atoms with Gasteiger partial charge in [0.2, 0.25) is 5.91 Å². The van der Waals surface area contributed by atoms with Gasteiger partial charge in [-0.1, -0.05) is 19.4 Å². The molecule has 6 nitrogen and oxygen atoms in total. The third-order valence-electron chi connectivity index (χ3n) is 3.36. The molecule has 2 heterocycles. The van der Waals surface area contributed by atoms with Crippen LogP contribution < -0.4 is 10.6 Å². The number of thiophene rings is 1. The molecule has 0 atom stereocenters. The van der Waals surface area contributed by atoms with Gasteiger partial charge in [0, 0.05) is 18.0 Å². The number of carbonyl (C=O) groups is 2. The Hall–Kier alpha value is -2.12. The van der Waals surface area contributed by atoms with Crippen LogP contribution in [0, 0.1) is 0 Å². The van der Waals surface area contributed by atoms with E-state index in [0.29, 0.717) is 19.6 Å². The van der Waals surface area contributed by atoms with Gasteiger partial charge in [0.1, 0.15) is 5.76 Å². The fraction of sp³-hybridized carbons (Fsp3) is 0.412. The predicted octanol–water partition coefficient (Wildman–Crippen LogP) is 2.97. The smallest absolute Gasteiger partial charge is 0.321 e. The molecule has 0 aliphatic carbocycles. The van der Waals surface area contributed by atoms with Crippen molar-refractivity contribution in [3.05, 3.63) is 46.5 Å². The number of hydrogen-bond donors (Lipinski definition) is 2. The van der Waals surface area contributed by atoms with Crippen LogP contribution in [0.1, 0.15) is 30.4 Å². The Morgan fingerprint density at radius 2 is 2.12 bits per heavy atom. The molecule has 7 heteroatoms. The van der Waals surface area contributed by atoms with Gasteiger partial charge in [0.15, 0.2) is 0 Å². The van der Waals surface area contributed by atoms with Crippen molar-refractivity contribution in [2.24, 2.45) is 0 Å². The summed E-state index contributed by atoms with van der Waals surface area (Å²) in [5.74, 6) is 0.457. The molecule has 0 radical (unpaired) electrons. The molecule has 0 spiro atoms. The molecule has 0 unspecified atom stereocenters. The number of carbonyl (C=O) groups excluding carboxylic acids is 2. The Kier molecular flexibility index (Phi) is 7.51. The molecule has 2 rings (SSSR count). The summed E-state index contributed by atoms with van der Waals surface area (Å²) in [5.41, 5.74) is 0. The quantitative estimate of drug-likeness (QED) is 0.683. The number of urea groups is 1. The third-order valence-corrected chi connectivity index (χ3v) is 4.22. The van der Waals surface area contributed by atoms with Crippen LogP contribution in [-0.4, -0.2) is 29.9 Å². The largest absolute Gasteiger partial charge is 0.468 e. The lowest BCUT2D eigenvalue weighted by atomic mass is 10.3. The van der Waals surface area contributed by atoms with E-state index in [1.165, 1.54) is 0 Å². The highest BCUT2D eigenvalue weighted by atomic mass is 32.1. The SMILES string of the molecule is CCCCNC(=O)NC(=O)CN(Cc1ccco1)Cc1cccs1. The zero-order chi connectivity index (χ0) is 17.2. The molecule has 130 valence electrons. The Bertz CT molecular complexity index is 575. The topological polar surface area (TPSA) is 74.6 Å². The summed E-state index contributed by atoms with van der Waals surface area (Å²) in [6.07, 6.45) is 3.50. The van der Waals surface area contributed by atoms with Gasteiger partial charge in [-0.3, -0.25) is 15.0 Å². The van der Waals surface area contributed by atoms with E-state index in [4.69, 9.17) is 4.42 Å². The fourth-order valence-corrected chi connectivity index (χ4v) is 2.95. The van der Waals surface area contributed by atoms with Crippen molar-refractivity contribution in [3.8, 4) is 0 Å². The first-order valence-electron chi connectivity index (χ1n) is 8.02. The van der Waals surface area contributed by atoms with Crippen LogP contribution in [-0.2, 0) is 17.9 Å². The van der Waals surface area contributed by atoms with Crippen molar-refractivity contribution in [2.45, 2.75) is 32.9 Å². The molecular formula is C17H23N3O3S. The van der Waals surface area contributed by atoms with Gasteiger partial charge in [-0.05, 0) is 30.0 Å². The molecule has 2 aromatic rings. The lowest BCUT2D eigenvalue weighted by molar-refractivity contribution is -0.121. The number of nitrogens with one attached hydrogen (secondary N) is 2. The zero-order valence-corrected chi connectivity index (χ0v) is 14.6. The van der Waals surface area contributed by atoms with Gasteiger partial charge in [-0.2, -0.15) is 0 Å². The van der Waals surface area contributed by atoms with Gasteiger partial charge in [-0.15, -0.1) is 11.3 Å². The van der Waals surface area contributed by atoms with E-state index in [-0.39, 0.29) is 12.5 Å². The van der Waals surface area contributed by atoms with E-state index in [1.807, 2.05) is 41.5 Å². The summed E-state index contributed by atoms with van der Waals surface area (Å²) in [6.45, 7) is 3.88. The lowest BCUT2D eigenvalue weighted by Crippen LogP contribution is -2.44. The highest BCUT2D eigenvalue weighted by molar-refractivity contribution is 7.09. The van der Waals surface area contributed by atoms with E-state index >= 15 is 0 Å². The van der Waals surface area contributed by atoms with E-state index in [9.17, 15) is 9.59 Å². The number of imide groups is 1. The maximum atomic E-state index is 12.1. The van der Waals surface area contributed by atoms with E-state index < -0.39 is 6.03 Å². The molecule has 2 aromatic heterocycles. The second kappa shape index (κ2) is 9.89. The Morgan fingerprint density at radius 1 is 1.25 bits per heavy atom. The monoisotopic (exact) mass is 349 g/mol. The van der Waals surface area contributed by atoms with Crippen molar-refractivity contribution >= 4 is 23.3 Å². The van der Waals surface area contributed by atoms with Crippen LogP contribution in [0.15, 0.2) is 40.3 Å². The Balaban J connectivity index is 1.86. The van der Waals surface area contributed by atoms with Crippen LogP contribution in [0.5, 0.6) is 0 Å². The summed E-state index contributed by atoms with van der Waals surface area (Å²) in [4.78, 5) is 26.9. The molecule has 0 fully saturated rings.